The number of carbonyl (C=O) groups is 2. The number of fused-ring (bicyclic) bond motifs is 1. The van der Waals surface area contributed by atoms with Gasteiger partial charge in [0.05, 0.1) is 15.8 Å². The summed E-state index contributed by atoms with van der Waals surface area (Å²) in [6, 6.07) is 11.9. The Kier molecular flexibility index (Phi) is 6.30. The van der Waals surface area contributed by atoms with Crippen molar-refractivity contribution in [2.24, 2.45) is 0 Å². The lowest BCUT2D eigenvalue weighted by Crippen LogP contribution is -2.49. The molecule has 1 saturated heterocycles. The van der Waals surface area contributed by atoms with E-state index in [1.807, 2.05) is 24.3 Å². The number of anilines is 2. The number of piperazine rings is 1. The second-order valence-corrected chi connectivity index (χ2v) is 10.7. The van der Waals surface area contributed by atoms with Gasteiger partial charge < -0.3 is 19.9 Å². The Morgan fingerprint density at radius 1 is 1.16 bits per heavy atom. The van der Waals surface area contributed by atoms with Crippen LogP contribution in [-0.2, 0) is 19.4 Å². The summed E-state index contributed by atoms with van der Waals surface area (Å²) in [5, 5.41) is 2.37. The van der Waals surface area contributed by atoms with E-state index >= 15 is 0 Å². The first-order valence-electron chi connectivity index (χ1n) is 10.3. The molecule has 0 bridgehead atoms. The second-order valence-electron chi connectivity index (χ2n) is 7.90. The molecular weight excluding hydrogens is 454 g/mol. The van der Waals surface area contributed by atoms with Crippen LogP contribution in [0.3, 0.4) is 0 Å². The van der Waals surface area contributed by atoms with Gasteiger partial charge in [-0.1, -0.05) is 17.7 Å². The zero-order valence-corrected chi connectivity index (χ0v) is 19.2. The number of nitrogens with one attached hydrogen (secondary N) is 1. The molecule has 10 heteroatoms. The normalized spacial score (nSPS) is 17.2. The van der Waals surface area contributed by atoms with Gasteiger partial charge in [0.1, 0.15) is 5.75 Å². The highest BCUT2D eigenvalue weighted by Crippen LogP contribution is 2.32. The molecule has 2 aliphatic rings. The number of ether oxygens (including phenoxy) is 1. The van der Waals surface area contributed by atoms with Gasteiger partial charge in [-0.3, -0.25) is 9.59 Å². The lowest BCUT2D eigenvalue weighted by Gasteiger charge is -2.36. The van der Waals surface area contributed by atoms with E-state index in [2.05, 4.69) is 10.2 Å². The van der Waals surface area contributed by atoms with E-state index in [9.17, 15) is 18.0 Å². The molecule has 1 atom stereocenters. The number of amides is 2. The molecule has 2 amide bonds. The van der Waals surface area contributed by atoms with Gasteiger partial charge in [0.25, 0.3) is 5.91 Å². The number of hydrogen-bond acceptors (Lipinski definition) is 6. The van der Waals surface area contributed by atoms with Gasteiger partial charge in [-0.2, -0.15) is 0 Å². The Balaban J connectivity index is 1.38. The van der Waals surface area contributed by atoms with Gasteiger partial charge in [0.2, 0.25) is 5.91 Å². The van der Waals surface area contributed by atoms with Crippen LogP contribution in [0, 0.1) is 0 Å². The third-order valence-electron chi connectivity index (χ3n) is 5.71. The molecule has 1 N–H and O–H groups in total. The van der Waals surface area contributed by atoms with E-state index in [0.29, 0.717) is 42.6 Å². The number of carbonyl (C=O) groups excluding carboxylic acids is 2. The monoisotopic (exact) mass is 477 g/mol. The van der Waals surface area contributed by atoms with Gasteiger partial charge in [0, 0.05) is 43.3 Å². The lowest BCUT2D eigenvalue weighted by atomic mass is 10.2. The summed E-state index contributed by atoms with van der Waals surface area (Å²) in [4.78, 5) is 28.2. The molecule has 1 fully saturated rings. The Labute approximate surface area is 192 Å². The molecule has 0 saturated carbocycles. The van der Waals surface area contributed by atoms with Crippen molar-refractivity contribution in [1.82, 2.24) is 4.90 Å². The van der Waals surface area contributed by atoms with Crippen LogP contribution in [0.5, 0.6) is 5.75 Å². The van der Waals surface area contributed by atoms with Gasteiger partial charge in [-0.25, -0.2) is 8.42 Å². The highest BCUT2D eigenvalue weighted by atomic mass is 35.5. The molecule has 2 aliphatic heterocycles. The second kappa shape index (κ2) is 8.99. The topological polar surface area (TPSA) is 96.0 Å². The average molecular weight is 478 g/mol. The zero-order chi connectivity index (χ0) is 22.9. The maximum Gasteiger partial charge on any atom is 0.262 e. The van der Waals surface area contributed by atoms with Crippen molar-refractivity contribution >= 4 is 44.6 Å². The van der Waals surface area contributed by atoms with Crippen LogP contribution >= 0.6 is 11.6 Å². The minimum atomic E-state index is -3.76. The fraction of sp³-hybridized carbons (Fsp3) is 0.364. The van der Waals surface area contributed by atoms with E-state index in [1.165, 1.54) is 25.1 Å². The lowest BCUT2D eigenvalue weighted by molar-refractivity contribution is -0.131. The van der Waals surface area contributed by atoms with Crippen molar-refractivity contribution in [1.29, 1.82) is 0 Å². The largest absolute Gasteiger partial charge is 0.482 e. The molecule has 2 aromatic carbocycles. The van der Waals surface area contributed by atoms with Gasteiger partial charge in [0.15, 0.2) is 16.4 Å². The molecule has 2 aromatic rings. The van der Waals surface area contributed by atoms with Crippen LogP contribution in [-0.4, -0.2) is 63.2 Å². The predicted molar refractivity (Wildman–Crippen MR) is 122 cm³/mol. The number of rotatable bonds is 5. The van der Waals surface area contributed by atoms with Crippen molar-refractivity contribution in [3.8, 4) is 5.75 Å². The SMILES string of the molecule is C[C@H](CC(=O)N1CCN(c2cccc(Cl)c2)CC1)S(=O)(=O)c1ccc2c(c1)NC(=O)CO2. The maximum absolute atomic E-state index is 13.0. The number of nitrogens with zero attached hydrogens (tertiary/aromatic N) is 2. The first-order valence-corrected chi connectivity index (χ1v) is 12.3. The first kappa shape index (κ1) is 22.4. The van der Waals surface area contributed by atoms with Crippen molar-refractivity contribution < 1.29 is 22.7 Å². The standard InChI is InChI=1S/C22H24ClN3O5S/c1-15(32(29,30)18-5-6-20-19(13-18)24-21(27)14-31-20)11-22(28)26-9-7-25(8-10-26)17-4-2-3-16(23)12-17/h2-6,12-13,15H,7-11,14H2,1H3,(H,24,27)/t15-/m1/s1. The molecule has 0 unspecified atom stereocenters. The zero-order valence-electron chi connectivity index (χ0n) is 17.6. The van der Waals surface area contributed by atoms with Gasteiger partial charge >= 0.3 is 0 Å². The molecule has 4 rings (SSSR count). The minimum absolute atomic E-state index is 0.0492. The first-order chi connectivity index (χ1) is 15.2. The summed E-state index contributed by atoms with van der Waals surface area (Å²) in [7, 11) is -3.76. The minimum Gasteiger partial charge on any atom is -0.482 e. The van der Waals surface area contributed by atoms with Crippen LogP contribution in [0.15, 0.2) is 47.4 Å². The highest BCUT2D eigenvalue weighted by Gasteiger charge is 2.30. The Hall–Kier alpha value is -2.78. The Morgan fingerprint density at radius 3 is 2.62 bits per heavy atom. The average Bonchev–Trinajstić information content (AvgIpc) is 2.78. The quantitative estimate of drug-likeness (QED) is 0.711. The molecule has 32 heavy (non-hydrogen) atoms. The van der Waals surface area contributed by atoms with Crippen LogP contribution in [0.2, 0.25) is 5.02 Å². The summed E-state index contributed by atoms with van der Waals surface area (Å²) in [6.07, 6.45) is -0.112. The molecule has 0 aromatic heterocycles. The molecule has 170 valence electrons. The summed E-state index contributed by atoms with van der Waals surface area (Å²) in [6.45, 7) is 3.76. The molecular formula is C22H24ClN3O5S. The summed E-state index contributed by atoms with van der Waals surface area (Å²) in [5.41, 5.74) is 1.32. The summed E-state index contributed by atoms with van der Waals surface area (Å²) in [5.74, 6) is -0.113. The molecule has 2 heterocycles. The summed E-state index contributed by atoms with van der Waals surface area (Å²) < 4.78 is 31.4. The highest BCUT2D eigenvalue weighted by molar-refractivity contribution is 7.92. The third kappa shape index (κ3) is 4.68. The van der Waals surface area contributed by atoms with E-state index in [4.69, 9.17) is 16.3 Å². The van der Waals surface area contributed by atoms with Crippen LogP contribution in [0.4, 0.5) is 11.4 Å². The molecule has 8 nitrogen and oxygen atoms in total. The predicted octanol–water partition coefficient (Wildman–Crippen LogP) is 2.57. The Bertz CT molecular complexity index is 1150. The molecule has 0 spiro atoms. The fourth-order valence-electron chi connectivity index (χ4n) is 3.84. The fourth-order valence-corrected chi connectivity index (χ4v) is 5.39. The number of benzene rings is 2. The van der Waals surface area contributed by atoms with E-state index in [0.717, 1.165) is 5.69 Å². The third-order valence-corrected chi connectivity index (χ3v) is 8.08. The van der Waals surface area contributed by atoms with Crippen molar-refractivity contribution in [2.75, 3.05) is 43.0 Å². The summed E-state index contributed by atoms with van der Waals surface area (Å²) >= 11 is 6.06. The smallest absolute Gasteiger partial charge is 0.262 e. The van der Waals surface area contributed by atoms with Crippen LogP contribution < -0.4 is 15.0 Å². The van der Waals surface area contributed by atoms with Crippen molar-refractivity contribution in [3.63, 3.8) is 0 Å². The molecule has 0 radical (unpaired) electrons. The van der Waals surface area contributed by atoms with E-state index in [-0.39, 0.29) is 29.7 Å². The van der Waals surface area contributed by atoms with Crippen molar-refractivity contribution in [2.45, 2.75) is 23.5 Å². The number of sulfone groups is 1. The number of hydrogen-bond donors (Lipinski definition) is 1. The van der Waals surface area contributed by atoms with Gasteiger partial charge in [-0.05, 0) is 43.3 Å². The molecule has 0 aliphatic carbocycles. The van der Waals surface area contributed by atoms with E-state index in [1.54, 1.807) is 4.90 Å². The van der Waals surface area contributed by atoms with Crippen LogP contribution in [0.25, 0.3) is 0 Å². The van der Waals surface area contributed by atoms with Gasteiger partial charge in [-0.15, -0.1) is 0 Å². The maximum atomic E-state index is 13.0. The van der Waals surface area contributed by atoms with Crippen molar-refractivity contribution in [3.05, 3.63) is 47.5 Å². The Morgan fingerprint density at radius 2 is 1.91 bits per heavy atom. The number of halogens is 1. The van der Waals surface area contributed by atoms with E-state index < -0.39 is 15.1 Å². The van der Waals surface area contributed by atoms with Crippen LogP contribution in [0.1, 0.15) is 13.3 Å².